The number of fused-ring (bicyclic) bond motifs is 4. The van der Waals surface area contributed by atoms with Crippen molar-refractivity contribution in [1.29, 1.82) is 0 Å². The van der Waals surface area contributed by atoms with Crippen LogP contribution < -0.4 is 5.32 Å². The highest BCUT2D eigenvalue weighted by atomic mass is 16.1. The largest absolute Gasteiger partial charge is 0.374 e. The Morgan fingerprint density at radius 3 is 2.50 bits per heavy atom. The van der Waals surface area contributed by atoms with Crippen molar-refractivity contribution in [1.82, 2.24) is 0 Å². The molecule has 2 heteroatoms. The van der Waals surface area contributed by atoms with Gasteiger partial charge in [0.1, 0.15) is 0 Å². The van der Waals surface area contributed by atoms with E-state index in [0.29, 0.717) is 6.42 Å². The van der Waals surface area contributed by atoms with Crippen molar-refractivity contribution in [3.63, 3.8) is 0 Å². The van der Waals surface area contributed by atoms with Gasteiger partial charge in [-0.2, -0.15) is 0 Å². The Hall–Kier alpha value is -3.13. The Morgan fingerprint density at radius 2 is 1.70 bits per heavy atom. The van der Waals surface area contributed by atoms with Crippen molar-refractivity contribution in [3.8, 4) is 0 Å². The molecule has 1 heterocycles. The summed E-state index contributed by atoms with van der Waals surface area (Å²) < 4.78 is 0. The maximum Gasteiger partial charge on any atom is 0.162 e. The highest BCUT2D eigenvalue weighted by Crippen LogP contribution is 2.49. The minimum absolute atomic E-state index is 0.0247. The average molecular weight is 394 g/mol. The van der Waals surface area contributed by atoms with Gasteiger partial charge in [0.2, 0.25) is 0 Å². The lowest BCUT2D eigenvalue weighted by Crippen LogP contribution is -2.37. The summed E-state index contributed by atoms with van der Waals surface area (Å²) in [6.07, 6.45) is 3.72. The first-order chi connectivity index (χ1) is 14.4. The zero-order chi connectivity index (χ0) is 20.9. The molecule has 3 aromatic carbocycles. The number of nitrogens with one attached hydrogen (secondary N) is 1. The van der Waals surface area contributed by atoms with E-state index >= 15 is 0 Å². The van der Waals surface area contributed by atoms with Gasteiger partial charge in [-0.05, 0) is 52.3 Å². The van der Waals surface area contributed by atoms with Crippen LogP contribution in [0.1, 0.15) is 44.7 Å². The fourth-order valence-corrected chi connectivity index (χ4v) is 5.07. The van der Waals surface area contributed by atoms with E-state index < -0.39 is 0 Å². The summed E-state index contributed by atoms with van der Waals surface area (Å²) in [6, 6.07) is 23.1. The third kappa shape index (κ3) is 3.17. The standard InChI is InChI=1S/C28H27NO/c1-18(15-19-9-5-4-6-10-19)27-26-22(16-28(2,3)17-24(26)30)25-21-12-8-7-11-20(21)13-14-23(25)29-27/h4-15,27,29H,16-17H2,1-3H3. The first kappa shape index (κ1) is 18.9. The van der Waals surface area contributed by atoms with Crippen molar-refractivity contribution in [2.75, 3.05) is 5.32 Å². The van der Waals surface area contributed by atoms with Gasteiger partial charge < -0.3 is 5.32 Å². The molecule has 0 fully saturated rings. The van der Waals surface area contributed by atoms with Crippen LogP contribution in [-0.4, -0.2) is 11.8 Å². The van der Waals surface area contributed by atoms with Gasteiger partial charge in [0.15, 0.2) is 5.78 Å². The Bertz CT molecular complexity index is 1210. The van der Waals surface area contributed by atoms with Crippen LogP contribution in [0.15, 0.2) is 77.9 Å². The van der Waals surface area contributed by atoms with Crippen molar-refractivity contribution < 1.29 is 4.79 Å². The van der Waals surface area contributed by atoms with Crippen LogP contribution in [0.25, 0.3) is 22.4 Å². The van der Waals surface area contributed by atoms with Crippen LogP contribution in [-0.2, 0) is 4.79 Å². The molecule has 2 nitrogen and oxygen atoms in total. The smallest absolute Gasteiger partial charge is 0.162 e. The van der Waals surface area contributed by atoms with E-state index in [4.69, 9.17) is 0 Å². The quantitative estimate of drug-likeness (QED) is 0.514. The fourth-order valence-electron chi connectivity index (χ4n) is 5.07. The lowest BCUT2D eigenvalue weighted by atomic mass is 9.68. The number of anilines is 1. The van der Waals surface area contributed by atoms with Gasteiger partial charge in [0.05, 0.1) is 6.04 Å². The fraction of sp³-hybridized carbons (Fsp3) is 0.250. The molecule has 1 atom stereocenters. The molecule has 0 aromatic heterocycles. The number of benzene rings is 3. The summed E-state index contributed by atoms with van der Waals surface area (Å²) in [6.45, 7) is 6.56. The van der Waals surface area contributed by atoms with E-state index in [1.54, 1.807) is 0 Å². The summed E-state index contributed by atoms with van der Waals surface area (Å²) in [7, 11) is 0. The molecule has 1 N–H and O–H groups in total. The van der Waals surface area contributed by atoms with E-state index in [2.05, 4.69) is 80.7 Å². The highest BCUT2D eigenvalue weighted by molar-refractivity contribution is 6.13. The molecule has 0 saturated carbocycles. The van der Waals surface area contributed by atoms with Crippen LogP contribution >= 0.6 is 0 Å². The molecular formula is C28H27NO. The topological polar surface area (TPSA) is 29.1 Å². The number of hydrogen-bond acceptors (Lipinski definition) is 2. The number of Topliss-reactive ketones (excluding diaryl/α,β-unsaturated/α-hetero) is 1. The maximum absolute atomic E-state index is 13.4. The molecule has 0 spiro atoms. The average Bonchev–Trinajstić information content (AvgIpc) is 2.72. The first-order valence-corrected chi connectivity index (χ1v) is 10.7. The van der Waals surface area contributed by atoms with Gasteiger partial charge in [-0.25, -0.2) is 0 Å². The second-order valence-corrected chi connectivity index (χ2v) is 9.42. The third-order valence-electron chi connectivity index (χ3n) is 6.39. The van der Waals surface area contributed by atoms with Crippen molar-refractivity contribution in [2.45, 2.75) is 39.7 Å². The molecule has 0 amide bonds. The third-order valence-corrected chi connectivity index (χ3v) is 6.39. The summed E-state index contributed by atoms with van der Waals surface area (Å²) in [5, 5.41) is 6.16. The molecule has 1 unspecified atom stereocenters. The molecule has 1 aliphatic carbocycles. The minimum Gasteiger partial charge on any atom is -0.374 e. The van der Waals surface area contributed by atoms with Crippen molar-refractivity contribution >= 4 is 33.9 Å². The van der Waals surface area contributed by atoms with E-state index in [1.165, 1.54) is 27.5 Å². The molecular weight excluding hydrogens is 366 g/mol. The number of ketones is 1. The minimum atomic E-state index is -0.0857. The van der Waals surface area contributed by atoms with Crippen molar-refractivity contribution in [3.05, 3.63) is 89.0 Å². The monoisotopic (exact) mass is 393 g/mol. The van der Waals surface area contributed by atoms with E-state index in [1.807, 2.05) is 18.2 Å². The molecule has 1 aliphatic heterocycles. The molecule has 2 aliphatic rings. The Balaban J connectivity index is 1.73. The predicted octanol–water partition coefficient (Wildman–Crippen LogP) is 6.88. The second kappa shape index (κ2) is 6.98. The summed E-state index contributed by atoms with van der Waals surface area (Å²) in [4.78, 5) is 13.4. The van der Waals surface area contributed by atoms with E-state index in [9.17, 15) is 4.79 Å². The summed E-state index contributed by atoms with van der Waals surface area (Å²) >= 11 is 0. The zero-order valence-corrected chi connectivity index (χ0v) is 17.8. The number of allylic oxidation sites excluding steroid dienone is 1. The maximum atomic E-state index is 13.4. The van der Waals surface area contributed by atoms with Gasteiger partial charge in [0, 0.05) is 23.2 Å². The van der Waals surface area contributed by atoms with Crippen LogP contribution in [0.4, 0.5) is 5.69 Å². The van der Waals surface area contributed by atoms with Gasteiger partial charge >= 0.3 is 0 Å². The number of carbonyl (C=O) groups is 1. The Kier molecular flexibility index (Phi) is 4.39. The first-order valence-electron chi connectivity index (χ1n) is 10.7. The molecule has 0 bridgehead atoms. The molecule has 30 heavy (non-hydrogen) atoms. The SMILES string of the molecule is CC(=Cc1ccccc1)C1Nc2ccc3ccccc3c2C2=C1C(=O)CC(C)(C)C2. The Labute approximate surface area is 178 Å². The second-order valence-electron chi connectivity index (χ2n) is 9.42. The van der Waals surface area contributed by atoms with Crippen LogP contribution in [0, 0.1) is 5.41 Å². The molecule has 150 valence electrons. The van der Waals surface area contributed by atoms with E-state index in [-0.39, 0.29) is 17.2 Å². The van der Waals surface area contributed by atoms with Gasteiger partial charge in [-0.15, -0.1) is 0 Å². The normalized spacial score (nSPS) is 20.6. The van der Waals surface area contributed by atoms with Crippen LogP contribution in [0.3, 0.4) is 0 Å². The molecule has 0 radical (unpaired) electrons. The highest BCUT2D eigenvalue weighted by Gasteiger charge is 2.40. The zero-order valence-electron chi connectivity index (χ0n) is 17.8. The molecule has 5 rings (SSSR count). The van der Waals surface area contributed by atoms with Gasteiger partial charge in [-0.1, -0.05) is 80.6 Å². The van der Waals surface area contributed by atoms with Gasteiger partial charge in [0.25, 0.3) is 0 Å². The predicted molar refractivity (Wildman–Crippen MR) is 126 cm³/mol. The number of carbonyl (C=O) groups excluding carboxylic acids is 1. The van der Waals surface area contributed by atoms with Crippen LogP contribution in [0.2, 0.25) is 0 Å². The Morgan fingerprint density at radius 1 is 0.967 bits per heavy atom. The summed E-state index contributed by atoms with van der Waals surface area (Å²) in [5.74, 6) is 0.276. The molecule has 3 aromatic rings. The van der Waals surface area contributed by atoms with Crippen LogP contribution in [0.5, 0.6) is 0 Å². The van der Waals surface area contributed by atoms with Gasteiger partial charge in [-0.3, -0.25) is 4.79 Å². The number of rotatable bonds is 2. The van der Waals surface area contributed by atoms with Crippen molar-refractivity contribution in [2.24, 2.45) is 5.41 Å². The number of hydrogen-bond donors (Lipinski definition) is 1. The lowest BCUT2D eigenvalue weighted by molar-refractivity contribution is -0.117. The van der Waals surface area contributed by atoms with E-state index in [0.717, 1.165) is 23.2 Å². The lowest BCUT2D eigenvalue weighted by Gasteiger charge is -2.40. The summed E-state index contributed by atoms with van der Waals surface area (Å²) in [5.41, 5.74) is 6.84. The molecule has 0 saturated heterocycles.